The molecular formula is C14H21NO3S. The summed E-state index contributed by atoms with van der Waals surface area (Å²) in [5.41, 5.74) is 1.12. The number of aliphatic hydroxyl groups is 1. The van der Waals surface area contributed by atoms with Crippen LogP contribution in [0.15, 0.2) is 29.2 Å². The first kappa shape index (κ1) is 14.5. The van der Waals surface area contributed by atoms with Crippen molar-refractivity contribution in [1.29, 1.82) is 0 Å². The van der Waals surface area contributed by atoms with Crippen molar-refractivity contribution in [2.75, 3.05) is 6.61 Å². The molecule has 0 amide bonds. The second-order valence-corrected chi connectivity index (χ2v) is 7.55. The molecule has 106 valence electrons. The van der Waals surface area contributed by atoms with E-state index in [1.165, 1.54) is 0 Å². The predicted molar refractivity (Wildman–Crippen MR) is 74.4 cm³/mol. The topological polar surface area (TPSA) is 66.4 Å². The Morgan fingerprint density at radius 3 is 2.37 bits per heavy atom. The Hall–Kier alpha value is -0.910. The minimum Gasteiger partial charge on any atom is -0.396 e. The van der Waals surface area contributed by atoms with E-state index >= 15 is 0 Å². The summed E-state index contributed by atoms with van der Waals surface area (Å²) in [5, 5.41) is 8.76. The summed E-state index contributed by atoms with van der Waals surface area (Å²) in [7, 11) is -3.40. The second-order valence-electron chi connectivity index (χ2n) is 5.84. The highest BCUT2D eigenvalue weighted by Crippen LogP contribution is 2.45. The SMILES string of the molecule is CC1(C)CC1NS(=O)(=O)c1ccc(CCCO)cc1. The van der Waals surface area contributed by atoms with Crippen LogP contribution in [-0.2, 0) is 16.4 Å². The number of benzene rings is 1. The average Bonchev–Trinajstić information content (AvgIpc) is 2.93. The lowest BCUT2D eigenvalue weighted by Crippen LogP contribution is -2.28. The van der Waals surface area contributed by atoms with E-state index in [0.29, 0.717) is 11.3 Å². The first-order valence-electron chi connectivity index (χ1n) is 6.57. The lowest BCUT2D eigenvalue weighted by Gasteiger charge is -2.09. The number of hydrogen-bond donors (Lipinski definition) is 2. The Kier molecular flexibility index (Phi) is 3.99. The molecule has 1 aromatic carbocycles. The number of hydrogen-bond acceptors (Lipinski definition) is 3. The Bertz CT molecular complexity index is 534. The molecule has 1 fully saturated rings. The molecule has 2 rings (SSSR count). The fraction of sp³-hybridized carbons (Fsp3) is 0.571. The first-order valence-corrected chi connectivity index (χ1v) is 8.06. The van der Waals surface area contributed by atoms with Crippen molar-refractivity contribution in [3.63, 3.8) is 0 Å². The molecule has 0 radical (unpaired) electrons. The van der Waals surface area contributed by atoms with Gasteiger partial charge in [-0.05, 0) is 42.4 Å². The van der Waals surface area contributed by atoms with Crippen molar-refractivity contribution in [3.8, 4) is 0 Å². The van der Waals surface area contributed by atoms with Crippen molar-refractivity contribution < 1.29 is 13.5 Å². The quantitative estimate of drug-likeness (QED) is 0.835. The van der Waals surface area contributed by atoms with E-state index in [-0.39, 0.29) is 18.1 Å². The van der Waals surface area contributed by atoms with Gasteiger partial charge in [0.1, 0.15) is 0 Å². The number of aliphatic hydroxyl groups excluding tert-OH is 1. The molecule has 19 heavy (non-hydrogen) atoms. The fourth-order valence-corrected chi connectivity index (χ4v) is 3.45. The maximum absolute atomic E-state index is 12.1. The van der Waals surface area contributed by atoms with Gasteiger partial charge in [-0.2, -0.15) is 0 Å². The zero-order valence-electron chi connectivity index (χ0n) is 11.4. The standard InChI is InChI=1S/C14H21NO3S/c1-14(2)10-13(14)15-19(17,18)12-7-5-11(6-8-12)4-3-9-16/h5-8,13,15-16H,3-4,9-10H2,1-2H3. The van der Waals surface area contributed by atoms with E-state index < -0.39 is 10.0 Å². The molecule has 4 nitrogen and oxygen atoms in total. The monoisotopic (exact) mass is 283 g/mol. The predicted octanol–water partition coefficient (Wildman–Crippen LogP) is 1.69. The van der Waals surface area contributed by atoms with Crippen LogP contribution in [0.4, 0.5) is 0 Å². The molecule has 0 bridgehead atoms. The van der Waals surface area contributed by atoms with Crippen LogP contribution in [0, 0.1) is 5.41 Å². The molecular weight excluding hydrogens is 262 g/mol. The maximum Gasteiger partial charge on any atom is 0.240 e. The Labute approximate surface area is 114 Å². The fourth-order valence-electron chi connectivity index (χ4n) is 2.04. The van der Waals surface area contributed by atoms with Gasteiger partial charge in [-0.1, -0.05) is 26.0 Å². The smallest absolute Gasteiger partial charge is 0.240 e. The van der Waals surface area contributed by atoms with Gasteiger partial charge in [0.05, 0.1) is 4.90 Å². The van der Waals surface area contributed by atoms with Gasteiger partial charge in [0.25, 0.3) is 0 Å². The third-order valence-electron chi connectivity index (χ3n) is 3.67. The Morgan fingerprint density at radius 2 is 1.89 bits per heavy atom. The molecule has 1 saturated carbocycles. The van der Waals surface area contributed by atoms with Crippen molar-refractivity contribution in [1.82, 2.24) is 4.72 Å². The third kappa shape index (κ3) is 3.55. The highest BCUT2D eigenvalue weighted by Gasteiger charge is 2.47. The van der Waals surface area contributed by atoms with Crippen LogP contribution in [0.5, 0.6) is 0 Å². The van der Waals surface area contributed by atoms with Crippen molar-refractivity contribution >= 4 is 10.0 Å². The van der Waals surface area contributed by atoms with Crippen LogP contribution < -0.4 is 4.72 Å². The summed E-state index contributed by atoms with van der Waals surface area (Å²) in [6, 6.07) is 6.92. The number of aryl methyl sites for hydroxylation is 1. The van der Waals surface area contributed by atoms with Gasteiger partial charge in [-0.3, -0.25) is 0 Å². The zero-order chi connectivity index (χ0) is 14.1. The summed E-state index contributed by atoms with van der Waals surface area (Å²) in [5.74, 6) is 0. The molecule has 1 aromatic rings. The van der Waals surface area contributed by atoms with E-state index in [1.54, 1.807) is 12.1 Å². The largest absolute Gasteiger partial charge is 0.396 e. The number of rotatable bonds is 6. The van der Waals surface area contributed by atoms with E-state index in [2.05, 4.69) is 18.6 Å². The van der Waals surface area contributed by atoms with Crippen LogP contribution in [0.1, 0.15) is 32.3 Å². The molecule has 1 atom stereocenters. The van der Waals surface area contributed by atoms with Gasteiger partial charge < -0.3 is 5.11 Å². The van der Waals surface area contributed by atoms with Crippen LogP contribution >= 0.6 is 0 Å². The van der Waals surface area contributed by atoms with Crippen molar-refractivity contribution in [3.05, 3.63) is 29.8 Å². The van der Waals surface area contributed by atoms with E-state index in [9.17, 15) is 8.42 Å². The summed E-state index contributed by atoms with van der Waals surface area (Å²) < 4.78 is 27.0. The van der Waals surface area contributed by atoms with Crippen LogP contribution in [0.3, 0.4) is 0 Å². The molecule has 1 unspecified atom stereocenters. The highest BCUT2D eigenvalue weighted by molar-refractivity contribution is 7.89. The molecule has 1 aliphatic rings. The number of nitrogens with one attached hydrogen (secondary N) is 1. The minimum atomic E-state index is -3.40. The van der Waals surface area contributed by atoms with E-state index in [0.717, 1.165) is 18.4 Å². The molecule has 0 heterocycles. The van der Waals surface area contributed by atoms with Gasteiger partial charge in [0, 0.05) is 12.6 Å². The molecule has 0 aromatic heterocycles. The average molecular weight is 283 g/mol. The molecule has 0 spiro atoms. The number of sulfonamides is 1. The highest BCUT2D eigenvalue weighted by atomic mass is 32.2. The molecule has 5 heteroatoms. The van der Waals surface area contributed by atoms with E-state index in [4.69, 9.17) is 5.11 Å². The summed E-state index contributed by atoms with van der Waals surface area (Å²) >= 11 is 0. The lowest BCUT2D eigenvalue weighted by atomic mass is 10.1. The third-order valence-corrected chi connectivity index (χ3v) is 5.16. The molecule has 0 aliphatic heterocycles. The minimum absolute atomic E-state index is 0.0477. The second kappa shape index (κ2) is 5.23. The summed E-state index contributed by atoms with van der Waals surface area (Å²) in [6.45, 7) is 4.26. The van der Waals surface area contributed by atoms with Crippen LogP contribution in [-0.4, -0.2) is 26.2 Å². The van der Waals surface area contributed by atoms with Gasteiger partial charge >= 0.3 is 0 Å². The Morgan fingerprint density at radius 1 is 1.32 bits per heavy atom. The van der Waals surface area contributed by atoms with Gasteiger partial charge in [-0.25, -0.2) is 13.1 Å². The molecule has 2 N–H and O–H groups in total. The van der Waals surface area contributed by atoms with Gasteiger partial charge in [0.15, 0.2) is 0 Å². The Balaban J connectivity index is 2.04. The lowest BCUT2D eigenvalue weighted by molar-refractivity contribution is 0.288. The normalized spacial score (nSPS) is 21.3. The van der Waals surface area contributed by atoms with Crippen LogP contribution in [0.25, 0.3) is 0 Å². The van der Waals surface area contributed by atoms with Crippen molar-refractivity contribution in [2.45, 2.75) is 44.0 Å². The van der Waals surface area contributed by atoms with Crippen molar-refractivity contribution in [2.24, 2.45) is 5.41 Å². The first-order chi connectivity index (χ1) is 8.85. The molecule has 0 saturated heterocycles. The zero-order valence-corrected chi connectivity index (χ0v) is 12.2. The summed E-state index contributed by atoms with van der Waals surface area (Å²) in [4.78, 5) is 0.308. The van der Waals surface area contributed by atoms with E-state index in [1.807, 2.05) is 12.1 Å². The van der Waals surface area contributed by atoms with Gasteiger partial charge in [0.2, 0.25) is 10.0 Å². The van der Waals surface area contributed by atoms with Gasteiger partial charge in [-0.15, -0.1) is 0 Å². The summed E-state index contributed by atoms with van der Waals surface area (Å²) in [6.07, 6.45) is 2.35. The molecule has 1 aliphatic carbocycles. The van der Waals surface area contributed by atoms with Crippen LogP contribution in [0.2, 0.25) is 0 Å². The maximum atomic E-state index is 12.1.